The largest absolute Gasteiger partial charge is 0.465 e. The van der Waals surface area contributed by atoms with E-state index in [1.54, 1.807) is 0 Å². The number of esters is 1. The van der Waals surface area contributed by atoms with Gasteiger partial charge in [0, 0.05) is 0 Å². The summed E-state index contributed by atoms with van der Waals surface area (Å²) in [6.07, 6.45) is 0. The lowest BCUT2D eigenvalue weighted by atomic mass is 10.0. The summed E-state index contributed by atoms with van der Waals surface area (Å²) in [6.45, 7) is -0.283. The first-order valence-corrected chi connectivity index (χ1v) is 4.44. The molecular weight excluding hydrogens is 218 g/mol. The van der Waals surface area contributed by atoms with E-state index in [1.165, 1.54) is 19.2 Å². The van der Waals surface area contributed by atoms with Crippen molar-refractivity contribution >= 4 is 17.6 Å². The van der Waals surface area contributed by atoms with Crippen LogP contribution in [0.1, 0.15) is 21.5 Å². The average molecular weight is 226 g/mol. The number of nitrogens with zero attached hydrogens (tertiary/aromatic N) is 1. The second-order valence-corrected chi connectivity index (χ2v) is 3.10. The highest BCUT2D eigenvalue weighted by Crippen LogP contribution is 2.24. The molecule has 1 N–H and O–H groups in total. The van der Waals surface area contributed by atoms with Crippen LogP contribution in [0.4, 0.5) is 0 Å². The molecule has 0 saturated carbocycles. The van der Waals surface area contributed by atoms with Crippen molar-refractivity contribution in [3.8, 4) is 6.07 Å². The molecule has 0 bridgehead atoms. The number of hydrogen-bond acceptors (Lipinski definition) is 4. The lowest BCUT2D eigenvalue weighted by Gasteiger charge is -2.06. The molecule has 0 fully saturated rings. The molecular formula is C10H8ClNO3. The molecule has 0 aliphatic carbocycles. The van der Waals surface area contributed by atoms with Crippen LogP contribution in [0, 0.1) is 11.3 Å². The summed E-state index contributed by atoms with van der Waals surface area (Å²) in [7, 11) is 1.22. The van der Waals surface area contributed by atoms with Gasteiger partial charge in [0.1, 0.15) is 6.07 Å². The first-order chi connectivity index (χ1) is 7.15. The van der Waals surface area contributed by atoms with Crippen LogP contribution in [-0.4, -0.2) is 18.2 Å². The molecule has 1 aromatic rings. The molecule has 5 heteroatoms. The number of aliphatic hydroxyl groups excluding tert-OH is 1. The minimum atomic E-state index is -0.627. The Morgan fingerprint density at radius 3 is 2.80 bits per heavy atom. The number of methoxy groups -OCH3 is 1. The Hall–Kier alpha value is -1.57. The van der Waals surface area contributed by atoms with E-state index in [2.05, 4.69) is 4.74 Å². The monoisotopic (exact) mass is 225 g/mol. The van der Waals surface area contributed by atoms with E-state index >= 15 is 0 Å². The van der Waals surface area contributed by atoms with Gasteiger partial charge < -0.3 is 9.84 Å². The minimum Gasteiger partial charge on any atom is -0.465 e. The number of carbonyl (C=O) groups is 1. The van der Waals surface area contributed by atoms with Crippen molar-refractivity contribution in [3.63, 3.8) is 0 Å². The number of hydrogen-bond donors (Lipinski definition) is 1. The Morgan fingerprint density at radius 2 is 2.33 bits per heavy atom. The Balaban J connectivity index is 3.39. The van der Waals surface area contributed by atoms with Crippen molar-refractivity contribution in [2.24, 2.45) is 0 Å². The van der Waals surface area contributed by atoms with Gasteiger partial charge in [0.05, 0.1) is 29.9 Å². The highest BCUT2D eigenvalue weighted by atomic mass is 35.5. The number of halogens is 1. The molecule has 4 nitrogen and oxygen atoms in total. The third-order valence-corrected chi connectivity index (χ3v) is 2.34. The van der Waals surface area contributed by atoms with Crippen molar-refractivity contribution in [3.05, 3.63) is 33.8 Å². The predicted octanol–water partition coefficient (Wildman–Crippen LogP) is 1.49. The van der Waals surface area contributed by atoms with Crippen LogP contribution >= 0.6 is 11.6 Å². The standard InChI is InChI=1S/C10H8ClNO3/c1-15-10(14)7-3-2-6(5-13)9(11)8(7)4-12/h2-3,13H,5H2,1H3. The first-order valence-electron chi connectivity index (χ1n) is 4.06. The Bertz CT molecular complexity index is 437. The van der Waals surface area contributed by atoms with Gasteiger partial charge in [-0.15, -0.1) is 0 Å². The third kappa shape index (κ3) is 2.09. The van der Waals surface area contributed by atoms with Gasteiger partial charge in [0.25, 0.3) is 0 Å². The second-order valence-electron chi connectivity index (χ2n) is 2.72. The van der Waals surface area contributed by atoms with Gasteiger partial charge in [-0.1, -0.05) is 17.7 Å². The molecule has 0 radical (unpaired) electrons. The number of carbonyl (C=O) groups excluding carboxylic acids is 1. The molecule has 78 valence electrons. The van der Waals surface area contributed by atoms with E-state index in [0.717, 1.165) is 0 Å². The van der Waals surface area contributed by atoms with E-state index in [-0.39, 0.29) is 22.8 Å². The SMILES string of the molecule is COC(=O)c1ccc(CO)c(Cl)c1C#N. The molecule has 0 spiro atoms. The summed E-state index contributed by atoms with van der Waals surface area (Å²) in [5.41, 5.74) is 0.526. The van der Waals surface area contributed by atoms with Gasteiger partial charge in [-0.05, 0) is 11.6 Å². The molecule has 15 heavy (non-hydrogen) atoms. The van der Waals surface area contributed by atoms with Crippen LogP contribution in [0.5, 0.6) is 0 Å². The Kier molecular flexibility index (Phi) is 3.67. The summed E-state index contributed by atoms with van der Waals surface area (Å²) in [5, 5.41) is 17.8. The zero-order chi connectivity index (χ0) is 11.4. The molecule has 0 aliphatic rings. The molecule has 1 aromatic carbocycles. The van der Waals surface area contributed by atoms with Crippen LogP contribution in [-0.2, 0) is 11.3 Å². The van der Waals surface area contributed by atoms with Gasteiger partial charge in [0.15, 0.2) is 0 Å². The summed E-state index contributed by atoms with van der Waals surface area (Å²) in [6, 6.07) is 4.70. The van der Waals surface area contributed by atoms with Gasteiger partial charge in [-0.2, -0.15) is 5.26 Å². The van der Waals surface area contributed by atoms with Crippen molar-refractivity contribution in [1.82, 2.24) is 0 Å². The molecule has 1 rings (SSSR count). The fourth-order valence-corrected chi connectivity index (χ4v) is 1.40. The Morgan fingerprint density at radius 1 is 1.67 bits per heavy atom. The van der Waals surface area contributed by atoms with E-state index in [0.29, 0.717) is 5.56 Å². The highest BCUT2D eigenvalue weighted by Gasteiger charge is 2.16. The summed E-state index contributed by atoms with van der Waals surface area (Å²) < 4.78 is 4.50. The molecule has 0 saturated heterocycles. The van der Waals surface area contributed by atoms with Gasteiger partial charge >= 0.3 is 5.97 Å². The average Bonchev–Trinajstić information content (AvgIpc) is 2.27. The number of aliphatic hydroxyl groups is 1. The molecule has 0 amide bonds. The summed E-state index contributed by atoms with van der Waals surface area (Å²) >= 11 is 5.82. The van der Waals surface area contributed by atoms with Crippen molar-refractivity contribution in [2.45, 2.75) is 6.61 Å². The van der Waals surface area contributed by atoms with Gasteiger partial charge in [-0.25, -0.2) is 4.79 Å². The minimum absolute atomic E-state index is 0.0232. The van der Waals surface area contributed by atoms with Crippen molar-refractivity contribution in [2.75, 3.05) is 7.11 Å². The fraction of sp³-hybridized carbons (Fsp3) is 0.200. The van der Waals surface area contributed by atoms with Crippen LogP contribution in [0.25, 0.3) is 0 Å². The topological polar surface area (TPSA) is 70.3 Å². The number of ether oxygens (including phenoxy) is 1. The van der Waals surface area contributed by atoms with E-state index < -0.39 is 5.97 Å². The molecule has 0 aliphatic heterocycles. The normalized spacial score (nSPS) is 9.47. The van der Waals surface area contributed by atoms with Crippen LogP contribution in [0.2, 0.25) is 5.02 Å². The second kappa shape index (κ2) is 4.78. The lowest BCUT2D eigenvalue weighted by molar-refractivity contribution is 0.0600. The van der Waals surface area contributed by atoms with Gasteiger partial charge in [0.2, 0.25) is 0 Å². The van der Waals surface area contributed by atoms with Crippen molar-refractivity contribution < 1.29 is 14.6 Å². The van der Waals surface area contributed by atoms with Crippen LogP contribution < -0.4 is 0 Å². The maximum absolute atomic E-state index is 11.3. The zero-order valence-corrected chi connectivity index (χ0v) is 8.71. The van der Waals surface area contributed by atoms with Gasteiger partial charge in [-0.3, -0.25) is 0 Å². The van der Waals surface area contributed by atoms with E-state index in [9.17, 15) is 4.79 Å². The fourth-order valence-electron chi connectivity index (χ4n) is 1.13. The Labute approximate surface area is 91.7 Å². The molecule has 0 heterocycles. The van der Waals surface area contributed by atoms with Crippen molar-refractivity contribution in [1.29, 1.82) is 5.26 Å². The van der Waals surface area contributed by atoms with Crippen LogP contribution in [0.15, 0.2) is 12.1 Å². The summed E-state index contributed by atoms with van der Waals surface area (Å²) in [5.74, 6) is -0.627. The molecule has 0 aromatic heterocycles. The first kappa shape index (κ1) is 11.5. The lowest BCUT2D eigenvalue weighted by Crippen LogP contribution is -2.05. The molecule has 0 unspecified atom stereocenters. The zero-order valence-electron chi connectivity index (χ0n) is 7.95. The third-order valence-electron chi connectivity index (χ3n) is 1.91. The summed E-state index contributed by atoms with van der Waals surface area (Å²) in [4.78, 5) is 11.3. The van der Waals surface area contributed by atoms with E-state index in [4.69, 9.17) is 22.0 Å². The van der Waals surface area contributed by atoms with E-state index in [1.807, 2.05) is 6.07 Å². The quantitative estimate of drug-likeness (QED) is 0.775. The number of rotatable bonds is 2. The maximum Gasteiger partial charge on any atom is 0.339 e. The number of nitriles is 1. The van der Waals surface area contributed by atoms with Crippen LogP contribution in [0.3, 0.4) is 0 Å². The smallest absolute Gasteiger partial charge is 0.339 e. The number of benzene rings is 1. The molecule has 0 atom stereocenters. The maximum atomic E-state index is 11.3. The predicted molar refractivity (Wildman–Crippen MR) is 53.4 cm³/mol. The highest BCUT2D eigenvalue weighted by molar-refractivity contribution is 6.33.